The Kier molecular flexibility index (Phi) is 4.07. The second kappa shape index (κ2) is 6.48. The fourth-order valence-corrected chi connectivity index (χ4v) is 5.20. The molecule has 27 heavy (non-hydrogen) atoms. The third kappa shape index (κ3) is 2.79. The van der Waals surface area contributed by atoms with E-state index in [9.17, 15) is 9.32 Å². The Morgan fingerprint density at radius 2 is 2.00 bits per heavy atom. The summed E-state index contributed by atoms with van der Waals surface area (Å²) in [5.41, 5.74) is 4.39. The number of aliphatic hydroxyl groups excluding tert-OH is 1. The quantitative estimate of drug-likeness (QED) is 0.650. The van der Waals surface area contributed by atoms with Crippen molar-refractivity contribution in [1.29, 1.82) is 0 Å². The van der Waals surface area contributed by atoms with Crippen molar-refractivity contribution in [2.75, 3.05) is 22.7 Å². The van der Waals surface area contributed by atoms with Crippen molar-refractivity contribution in [2.45, 2.75) is 23.8 Å². The van der Waals surface area contributed by atoms with Gasteiger partial charge in [0.05, 0.1) is 27.2 Å². The highest BCUT2D eigenvalue weighted by molar-refractivity contribution is 7.86. The van der Waals surface area contributed by atoms with E-state index in [4.69, 9.17) is 11.6 Å². The number of hydrogen-bond acceptors (Lipinski definition) is 4. The van der Waals surface area contributed by atoms with Crippen LogP contribution in [0.5, 0.6) is 0 Å². The minimum Gasteiger partial charge on any atom is -0.393 e. The van der Waals surface area contributed by atoms with Crippen LogP contribution in [0.3, 0.4) is 0 Å². The number of halogens is 1. The number of piperidine rings is 1. The minimum absolute atomic E-state index is 0.215. The summed E-state index contributed by atoms with van der Waals surface area (Å²) < 4.78 is 15.9. The molecule has 5 nitrogen and oxygen atoms in total. The van der Waals surface area contributed by atoms with Crippen molar-refractivity contribution in [2.24, 2.45) is 0 Å². The largest absolute Gasteiger partial charge is 0.393 e. The highest BCUT2D eigenvalue weighted by Crippen LogP contribution is 2.44. The number of nitrogens with zero attached hydrogens (tertiary/aromatic N) is 2. The number of benzene rings is 2. The van der Waals surface area contributed by atoms with Gasteiger partial charge in [0.2, 0.25) is 0 Å². The molecule has 1 unspecified atom stereocenters. The zero-order valence-electron chi connectivity index (χ0n) is 14.5. The van der Waals surface area contributed by atoms with Crippen LogP contribution in [0.4, 0.5) is 11.4 Å². The number of rotatable bonds is 1. The minimum atomic E-state index is -1.35. The van der Waals surface area contributed by atoms with E-state index in [2.05, 4.69) is 20.7 Å². The van der Waals surface area contributed by atoms with Gasteiger partial charge in [0.15, 0.2) is 11.0 Å². The third-order valence-electron chi connectivity index (χ3n) is 5.32. The van der Waals surface area contributed by atoms with Crippen molar-refractivity contribution >= 4 is 44.9 Å². The molecule has 3 heterocycles. The molecule has 7 heteroatoms. The topological polar surface area (TPSA) is 65.5 Å². The summed E-state index contributed by atoms with van der Waals surface area (Å²) in [6.45, 7) is 1.63. The van der Waals surface area contributed by atoms with Gasteiger partial charge in [0.1, 0.15) is 0 Å². The molecule has 0 radical (unpaired) electrons. The van der Waals surface area contributed by atoms with Crippen molar-refractivity contribution < 1.29 is 9.32 Å². The van der Waals surface area contributed by atoms with E-state index in [1.54, 1.807) is 6.20 Å². The van der Waals surface area contributed by atoms with Crippen LogP contribution < -0.4 is 9.62 Å². The van der Waals surface area contributed by atoms with Gasteiger partial charge in [-0.25, -0.2) is 4.21 Å². The van der Waals surface area contributed by atoms with Gasteiger partial charge in [-0.1, -0.05) is 11.6 Å². The van der Waals surface area contributed by atoms with Gasteiger partial charge >= 0.3 is 0 Å². The number of aliphatic hydroxyl groups is 1. The molecule has 3 aromatic rings. The van der Waals surface area contributed by atoms with Crippen LogP contribution in [0.2, 0.25) is 5.02 Å². The lowest BCUT2D eigenvalue weighted by Gasteiger charge is -2.32. The number of aromatic nitrogens is 1. The van der Waals surface area contributed by atoms with Crippen LogP contribution in [-0.4, -0.2) is 33.5 Å². The number of nitrogens with one attached hydrogen (secondary N) is 1. The molecule has 1 atom stereocenters. The van der Waals surface area contributed by atoms with E-state index in [0.717, 1.165) is 64.2 Å². The number of hydrogen-bond donors (Lipinski definition) is 2. The second-order valence-electron chi connectivity index (χ2n) is 6.95. The molecule has 1 saturated heterocycles. The zero-order chi connectivity index (χ0) is 18.5. The Morgan fingerprint density at radius 1 is 1.19 bits per heavy atom. The average molecular weight is 400 g/mol. The normalized spacial score (nSPS) is 19.5. The first-order chi connectivity index (χ1) is 13.1. The molecule has 1 fully saturated rings. The van der Waals surface area contributed by atoms with Gasteiger partial charge in [-0.2, -0.15) is 0 Å². The summed E-state index contributed by atoms with van der Waals surface area (Å²) >= 11 is 6.52. The lowest BCUT2D eigenvalue weighted by Crippen LogP contribution is -2.35. The summed E-state index contributed by atoms with van der Waals surface area (Å²) in [5, 5.41) is 11.2. The predicted octanol–water partition coefficient (Wildman–Crippen LogP) is 3.96. The van der Waals surface area contributed by atoms with Crippen LogP contribution in [0.1, 0.15) is 12.8 Å². The monoisotopic (exact) mass is 399 g/mol. The lowest BCUT2D eigenvalue weighted by molar-refractivity contribution is 0.145. The Balaban J connectivity index is 1.68. The van der Waals surface area contributed by atoms with Gasteiger partial charge in [0, 0.05) is 41.5 Å². The Labute approximate surface area is 164 Å². The van der Waals surface area contributed by atoms with Crippen LogP contribution >= 0.6 is 11.6 Å². The van der Waals surface area contributed by atoms with E-state index >= 15 is 0 Å². The predicted molar refractivity (Wildman–Crippen MR) is 110 cm³/mol. The fraction of sp³-hybridized carbons (Fsp3) is 0.250. The Morgan fingerprint density at radius 3 is 2.81 bits per heavy atom. The van der Waals surface area contributed by atoms with Gasteiger partial charge < -0.3 is 10.0 Å². The smallest absolute Gasteiger partial charge is 0.151 e. The molecule has 138 valence electrons. The standard InChI is InChI=1S/C20H18ClN3O2S/c21-17-11-16-15-10-12(24-8-5-13(25)6-9-24)3-4-18(15)27(26)23-20(16)19-14(17)2-1-7-22-19/h1-4,7,10-11,13,23,25H,5-6,8-9H2. The average Bonchev–Trinajstić information content (AvgIpc) is 2.70. The maximum absolute atomic E-state index is 12.8. The van der Waals surface area contributed by atoms with Gasteiger partial charge in [-0.05, 0) is 49.2 Å². The second-order valence-corrected chi connectivity index (χ2v) is 8.54. The molecule has 2 aromatic carbocycles. The first kappa shape index (κ1) is 17.0. The first-order valence-corrected chi connectivity index (χ1v) is 10.5. The van der Waals surface area contributed by atoms with Crippen molar-refractivity contribution in [1.82, 2.24) is 4.98 Å². The summed E-state index contributed by atoms with van der Waals surface area (Å²) in [6.07, 6.45) is 3.03. The highest BCUT2D eigenvalue weighted by atomic mass is 35.5. The number of pyridine rings is 1. The molecule has 0 bridgehead atoms. The summed E-state index contributed by atoms with van der Waals surface area (Å²) in [7, 11) is -1.35. The molecule has 2 N–H and O–H groups in total. The Hall–Kier alpha value is -2.15. The van der Waals surface area contributed by atoms with Gasteiger partial charge in [-0.3, -0.25) is 9.71 Å². The molecule has 1 aromatic heterocycles. The van der Waals surface area contributed by atoms with E-state index < -0.39 is 11.0 Å². The van der Waals surface area contributed by atoms with E-state index in [1.165, 1.54) is 0 Å². The molecule has 2 aliphatic rings. The van der Waals surface area contributed by atoms with Crippen molar-refractivity contribution in [3.05, 3.63) is 47.6 Å². The van der Waals surface area contributed by atoms with Crippen LogP contribution in [0.15, 0.2) is 47.5 Å². The fourth-order valence-electron chi connectivity index (χ4n) is 3.88. The molecule has 0 aliphatic carbocycles. The van der Waals surface area contributed by atoms with Gasteiger partial charge in [0.25, 0.3) is 0 Å². The molecule has 0 amide bonds. The van der Waals surface area contributed by atoms with Crippen LogP contribution in [0, 0.1) is 0 Å². The summed E-state index contributed by atoms with van der Waals surface area (Å²) in [5.74, 6) is 0. The highest BCUT2D eigenvalue weighted by Gasteiger charge is 2.26. The summed E-state index contributed by atoms with van der Waals surface area (Å²) in [4.78, 5) is 7.47. The molecular formula is C20H18ClN3O2S. The number of fused-ring (bicyclic) bond motifs is 5. The van der Waals surface area contributed by atoms with Crippen molar-refractivity contribution in [3.63, 3.8) is 0 Å². The SMILES string of the molecule is O=S1Nc2c(cc(Cl)c3cccnc23)-c2cc(N3CCC(O)CC3)ccc21. The van der Waals surface area contributed by atoms with E-state index in [1.807, 2.05) is 30.3 Å². The van der Waals surface area contributed by atoms with Gasteiger partial charge in [-0.15, -0.1) is 0 Å². The Bertz CT molecular complexity index is 1080. The maximum Gasteiger partial charge on any atom is 0.151 e. The third-order valence-corrected chi connectivity index (χ3v) is 6.78. The van der Waals surface area contributed by atoms with Crippen LogP contribution in [-0.2, 0) is 11.0 Å². The molecule has 2 aliphatic heterocycles. The first-order valence-electron chi connectivity index (χ1n) is 8.95. The van der Waals surface area contributed by atoms with E-state index in [0.29, 0.717) is 5.02 Å². The molecule has 5 rings (SSSR count). The summed E-state index contributed by atoms with van der Waals surface area (Å²) in [6, 6.07) is 11.7. The molecular weight excluding hydrogens is 382 g/mol. The molecule has 0 saturated carbocycles. The molecule has 0 spiro atoms. The van der Waals surface area contributed by atoms with Crippen LogP contribution in [0.25, 0.3) is 22.0 Å². The lowest BCUT2D eigenvalue weighted by atomic mass is 9.99. The number of anilines is 2. The maximum atomic E-state index is 12.8. The zero-order valence-corrected chi connectivity index (χ0v) is 16.1. The van der Waals surface area contributed by atoms with E-state index in [-0.39, 0.29) is 6.10 Å². The van der Waals surface area contributed by atoms with Crippen molar-refractivity contribution in [3.8, 4) is 11.1 Å².